The number of nitrogens with one attached hydrogen (secondary N) is 2. The molecule has 2 aromatic carbocycles. The number of nitrogens with two attached hydrogens (primary N) is 1. The number of hydrogen-bond donors (Lipinski definition) is 4. The molecule has 0 unspecified atom stereocenters. The molecule has 0 aromatic heterocycles. The summed E-state index contributed by atoms with van der Waals surface area (Å²) in [5, 5.41) is 16.1. The van der Waals surface area contributed by atoms with Gasteiger partial charge in [0.1, 0.15) is 5.75 Å². The van der Waals surface area contributed by atoms with E-state index in [1.807, 2.05) is 19.1 Å². The van der Waals surface area contributed by atoms with Crippen molar-refractivity contribution in [3.63, 3.8) is 0 Å². The third kappa shape index (κ3) is 7.73. The third-order valence-corrected chi connectivity index (χ3v) is 4.34. The number of aliphatic hydroxyl groups is 1. The zero-order valence-corrected chi connectivity index (χ0v) is 17.0. The van der Waals surface area contributed by atoms with E-state index in [4.69, 9.17) is 22.1 Å². The minimum Gasteiger partial charge on any atom is -0.484 e. The Hall–Kier alpha value is -2.61. The molecule has 29 heavy (non-hydrogen) atoms. The van der Waals surface area contributed by atoms with E-state index >= 15 is 0 Å². The van der Waals surface area contributed by atoms with Crippen molar-refractivity contribution in [2.45, 2.75) is 25.5 Å². The first-order valence-electron chi connectivity index (χ1n) is 9.31. The molecule has 0 spiro atoms. The van der Waals surface area contributed by atoms with Crippen LogP contribution < -0.4 is 21.1 Å². The maximum Gasteiger partial charge on any atom is 0.257 e. The van der Waals surface area contributed by atoms with Gasteiger partial charge in [-0.2, -0.15) is 0 Å². The van der Waals surface area contributed by atoms with Crippen LogP contribution in [-0.2, 0) is 16.0 Å². The highest BCUT2D eigenvalue weighted by molar-refractivity contribution is 6.30. The monoisotopic (exact) mass is 419 g/mol. The van der Waals surface area contributed by atoms with Crippen LogP contribution in [-0.4, -0.2) is 42.7 Å². The topological polar surface area (TPSA) is 114 Å². The summed E-state index contributed by atoms with van der Waals surface area (Å²) in [7, 11) is 0. The number of rotatable bonds is 10. The number of benzene rings is 2. The molecule has 0 aliphatic rings. The van der Waals surface area contributed by atoms with E-state index in [-0.39, 0.29) is 18.6 Å². The van der Waals surface area contributed by atoms with E-state index in [0.717, 1.165) is 5.56 Å². The standard InChI is InChI=1S/C21H26ClN3O4/c1-14(25-21(28)20(27)16-3-2-4-17(22)12-16)11-15-5-7-18(8-6-15)29-13-19(26)24-10-9-23/h2-8,12,14,20,27H,9-11,13,23H2,1H3,(H,24,26)(H,25,28)/t14-,20-/m1/s1. The lowest BCUT2D eigenvalue weighted by Crippen LogP contribution is -2.37. The number of ether oxygens (including phenoxy) is 1. The van der Waals surface area contributed by atoms with Crippen LogP contribution in [0.4, 0.5) is 0 Å². The minimum absolute atomic E-state index is 0.0762. The largest absolute Gasteiger partial charge is 0.484 e. The Labute approximate surface area is 175 Å². The Morgan fingerprint density at radius 1 is 1.21 bits per heavy atom. The van der Waals surface area contributed by atoms with Crippen LogP contribution >= 0.6 is 11.6 Å². The van der Waals surface area contributed by atoms with Crippen molar-refractivity contribution >= 4 is 23.4 Å². The van der Waals surface area contributed by atoms with Gasteiger partial charge >= 0.3 is 0 Å². The van der Waals surface area contributed by atoms with Crippen LogP contribution in [0, 0.1) is 0 Å². The Morgan fingerprint density at radius 2 is 1.93 bits per heavy atom. The average molecular weight is 420 g/mol. The quantitative estimate of drug-likeness (QED) is 0.467. The Balaban J connectivity index is 1.81. The van der Waals surface area contributed by atoms with E-state index in [2.05, 4.69) is 10.6 Å². The summed E-state index contributed by atoms with van der Waals surface area (Å²) in [6, 6.07) is 13.6. The predicted octanol–water partition coefficient (Wildman–Crippen LogP) is 1.57. The van der Waals surface area contributed by atoms with Crippen LogP contribution in [0.3, 0.4) is 0 Å². The summed E-state index contributed by atoms with van der Waals surface area (Å²) < 4.78 is 5.41. The van der Waals surface area contributed by atoms with Crippen LogP contribution in [0.1, 0.15) is 24.2 Å². The van der Waals surface area contributed by atoms with Crippen LogP contribution in [0.15, 0.2) is 48.5 Å². The third-order valence-electron chi connectivity index (χ3n) is 4.10. The molecule has 0 saturated heterocycles. The lowest BCUT2D eigenvalue weighted by Gasteiger charge is -2.17. The predicted molar refractivity (Wildman–Crippen MR) is 112 cm³/mol. The molecule has 0 aliphatic heterocycles. The van der Waals surface area contributed by atoms with Gasteiger partial charge in [0.25, 0.3) is 11.8 Å². The van der Waals surface area contributed by atoms with Gasteiger partial charge in [-0.1, -0.05) is 35.9 Å². The fraction of sp³-hybridized carbons (Fsp3) is 0.333. The number of hydrogen-bond acceptors (Lipinski definition) is 5. The van der Waals surface area contributed by atoms with Crippen molar-refractivity contribution in [1.82, 2.24) is 10.6 Å². The van der Waals surface area contributed by atoms with Crippen LogP contribution in [0.2, 0.25) is 5.02 Å². The summed E-state index contributed by atoms with van der Waals surface area (Å²) >= 11 is 5.90. The molecule has 0 radical (unpaired) electrons. The van der Waals surface area contributed by atoms with E-state index < -0.39 is 12.0 Å². The highest BCUT2D eigenvalue weighted by atomic mass is 35.5. The Bertz CT molecular complexity index is 814. The molecule has 2 atom stereocenters. The normalized spacial score (nSPS) is 12.7. The molecule has 2 aromatic rings. The summed E-state index contributed by atoms with van der Waals surface area (Å²) in [6.07, 6.45) is -0.706. The first-order valence-corrected chi connectivity index (χ1v) is 9.69. The van der Waals surface area contributed by atoms with Gasteiger partial charge in [0.05, 0.1) is 0 Å². The lowest BCUT2D eigenvalue weighted by atomic mass is 10.1. The highest BCUT2D eigenvalue weighted by Crippen LogP contribution is 2.18. The van der Waals surface area contributed by atoms with E-state index in [0.29, 0.717) is 35.8 Å². The van der Waals surface area contributed by atoms with Crippen LogP contribution in [0.25, 0.3) is 0 Å². The van der Waals surface area contributed by atoms with Crippen molar-refractivity contribution in [2.24, 2.45) is 5.73 Å². The van der Waals surface area contributed by atoms with E-state index in [1.165, 1.54) is 0 Å². The SMILES string of the molecule is C[C@H](Cc1ccc(OCC(=O)NCCN)cc1)NC(=O)[C@H](O)c1cccc(Cl)c1. The summed E-state index contributed by atoms with van der Waals surface area (Å²) in [5.41, 5.74) is 6.75. The van der Waals surface area contributed by atoms with Gasteiger partial charge in [-0.25, -0.2) is 0 Å². The molecule has 0 aliphatic carbocycles. The second kappa shape index (κ2) is 11.4. The number of carbonyl (C=O) groups excluding carboxylic acids is 2. The van der Waals surface area contributed by atoms with Gasteiger partial charge in [0.2, 0.25) is 0 Å². The highest BCUT2D eigenvalue weighted by Gasteiger charge is 2.19. The first-order chi connectivity index (χ1) is 13.9. The molecule has 0 fully saturated rings. The second-order valence-electron chi connectivity index (χ2n) is 6.64. The molecule has 156 valence electrons. The molecule has 5 N–H and O–H groups in total. The molecule has 8 heteroatoms. The van der Waals surface area contributed by atoms with Gasteiger partial charge in [-0.15, -0.1) is 0 Å². The first kappa shape index (κ1) is 22.7. The average Bonchev–Trinajstić information content (AvgIpc) is 2.71. The number of amides is 2. The molecule has 2 rings (SSSR count). The Kier molecular flexibility index (Phi) is 8.92. The molecule has 0 bridgehead atoms. The second-order valence-corrected chi connectivity index (χ2v) is 7.08. The minimum atomic E-state index is -1.28. The Morgan fingerprint density at radius 3 is 2.59 bits per heavy atom. The molecule has 2 amide bonds. The van der Waals surface area contributed by atoms with Crippen molar-refractivity contribution < 1.29 is 19.4 Å². The molecular formula is C21H26ClN3O4. The van der Waals surface area contributed by atoms with Crippen molar-refractivity contribution in [2.75, 3.05) is 19.7 Å². The number of carbonyl (C=O) groups is 2. The van der Waals surface area contributed by atoms with Crippen molar-refractivity contribution in [3.8, 4) is 5.75 Å². The van der Waals surface area contributed by atoms with Gasteiger partial charge < -0.3 is 26.2 Å². The fourth-order valence-electron chi connectivity index (χ4n) is 2.69. The van der Waals surface area contributed by atoms with E-state index in [1.54, 1.807) is 36.4 Å². The summed E-state index contributed by atoms with van der Waals surface area (Å²) in [4.78, 5) is 23.8. The number of halogens is 1. The van der Waals surface area contributed by atoms with E-state index in [9.17, 15) is 14.7 Å². The lowest BCUT2D eigenvalue weighted by molar-refractivity contribution is -0.130. The molecule has 7 nitrogen and oxygen atoms in total. The molecule has 0 heterocycles. The maximum absolute atomic E-state index is 12.3. The summed E-state index contributed by atoms with van der Waals surface area (Å²) in [6.45, 7) is 2.57. The zero-order valence-electron chi connectivity index (χ0n) is 16.2. The van der Waals surface area contributed by atoms with Crippen molar-refractivity contribution in [3.05, 3.63) is 64.7 Å². The molecule has 0 saturated carbocycles. The van der Waals surface area contributed by atoms with Gasteiger partial charge in [-0.3, -0.25) is 9.59 Å². The van der Waals surface area contributed by atoms with Crippen LogP contribution in [0.5, 0.6) is 5.75 Å². The fourth-order valence-corrected chi connectivity index (χ4v) is 2.89. The van der Waals surface area contributed by atoms with Gasteiger partial charge in [-0.05, 0) is 48.7 Å². The van der Waals surface area contributed by atoms with Gasteiger partial charge in [0.15, 0.2) is 12.7 Å². The van der Waals surface area contributed by atoms with Gasteiger partial charge in [0, 0.05) is 24.2 Å². The van der Waals surface area contributed by atoms with Crippen molar-refractivity contribution in [1.29, 1.82) is 0 Å². The smallest absolute Gasteiger partial charge is 0.257 e. The maximum atomic E-state index is 12.3. The summed E-state index contributed by atoms with van der Waals surface area (Å²) in [5.74, 6) is -0.137. The zero-order chi connectivity index (χ0) is 21.2. The molecular weight excluding hydrogens is 394 g/mol. The number of aliphatic hydroxyl groups excluding tert-OH is 1.